The number of rotatable bonds is 2. The lowest BCUT2D eigenvalue weighted by molar-refractivity contribution is 0.0708. The molecule has 0 N–H and O–H groups in total. The summed E-state index contributed by atoms with van der Waals surface area (Å²) in [7, 11) is 0. The molecule has 0 saturated carbocycles. The number of carbonyl (C=O) groups is 1. The minimum atomic E-state index is 0.0256. The number of amides is 1. The first kappa shape index (κ1) is 13.2. The van der Waals surface area contributed by atoms with Crippen LogP contribution in [0, 0.1) is 13.8 Å². The van der Waals surface area contributed by atoms with Crippen molar-refractivity contribution >= 4 is 17.4 Å². The zero-order chi connectivity index (χ0) is 14.1. The Kier molecular flexibility index (Phi) is 3.47. The summed E-state index contributed by atoms with van der Waals surface area (Å²) in [6.07, 6.45) is 1.69. The van der Waals surface area contributed by atoms with E-state index in [9.17, 15) is 4.79 Å². The van der Waals surface area contributed by atoms with E-state index < -0.39 is 0 Å². The first-order valence-corrected chi connectivity index (χ1v) is 7.31. The third kappa shape index (κ3) is 2.43. The summed E-state index contributed by atoms with van der Waals surface area (Å²) in [5.41, 5.74) is 0.703. The predicted molar refractivity (Wildman–Crippen MR) is 71.6 cm³/mol. The van der Waals surface area contributed by atoms with E-state index in [-0.39, 0.29) is 11.8 Å². The van der Waals surface area contributed by atoms with Crippen molar-refractivity contribution in [1.29, 1.82) is 0 Å². The Balaban J connectivity index is 1.64. The summed E-state index contributed by atoms with van der Waals surface area (Å²) in [6.45, 7) is 5.01. The van der Waals surface area contributed by atoms with Gasteiger partial charge in [-0.25, -0.2) is 0 Å². The number of hydrogen-bond acceptors (Lipinski definition) is 7. The highest BCUT2D eigenvalue weighted by Gasteiger charge is 2.29. The first-order valence-electron chi connectivity index (χ1n) is 6.53. The van der Waals surface area contributed by atoms with E-state index in [2.05, 4.69) is 19.7 Å². The van der Waals surface area contributed by atoms with Gasteiger partial charge in [-0.1, -0.05) is 9.64 Å². The number of hydrogen-bond donors (Lipinski definition) is 0. The summed E-state index contributed by atoms with van der Waals surface area (Å²) >= 11 is 1.16. The summed E-state index contributed by atoms with van der Waals surface area (Å²) < 4.78 is 9.02. The van der Waals surface area contributed by atoms with Gasteiger partial charge in [0, 0.05) is 19.0 Å². The molecule has 1 amide bonds. The van der Waals surface area contributed by atoms with E-state index in [1.807, 2.05) is 18.7 Å². The summed E-state index contributed by atoms with van der Waals surface area (Å²) in [4.78, 5) is 19.1. The molecule has 1 fully saturated rings. The molecule has 1 saturated heterocycles. The van der Waals surface area contributed by atoms with Crippen LogP contribution in [0.4, 0.5) is 0 Å². The molecule has 1 aliphatic rings. The van der Waals surface area contributed by atoms with Crippen LogP contribution in [0.2, 0.25) is 0 Å². The minimum absolute atomic E-state index is 0.0256. The average molecular weight is 293 g/mol. The van der Waals surface area contributed by atoms with Gasteiger partial charge in [0.1, 0.15) is 4.88 Å². The van der Waals surface area contributed by atoms with Crippen molar-refractivity contribution in [2.45, 2.75) is 32.6 Å². The summed E-state index contributed by atoms with van der Waals surface area (Å²) in [6, 6.07) is 0. The van der Waals surface area contributed by atoms with Gasteiger partial charge in [-0.2, -0.15) is 4.98 Å². The molecule has 0 atom stereocenters. The quantitative estimate of drug-likeness (QED) is 0.835. The molecule has 7 nitrogen and oxygen atoms in total. The van der Waals surface area contributed by atoms with Crippen LogP contribution in [-0.4, -0.2) is 43.6 Å². The van der Waals surface area contributed by atoms with E-state index in [1.165, 1.54) is 0 Å². The van der Waals surface area contributed by atoms with Crippen LogP contribution in [0.5, 0.6) is 0 Å². The van der Waals surface area contributed by atoms with E-state index in [0.29, 0.717) is 35.4 Å². The Labute approximate surface area is 120 Å². The van der Waals surface area contributed by atoms with Gasteiger partial charge in [-0.15, -0.1) is 5.10 Å². The Morgan fingerprint density at radius 1 is 1.35 bits per heavy atom. The number of aryl methyl sites for hydroxylation is 2. The molecule has 0 spiro atoms. The molecule has 0 aromatic carbocycles. The predicted octanol–water partition coefficient (Wildman–Crippen LogP) is 1.56. The second-order valence-corrected chi connectivity index (χ2v) is 5.69. The monoisotopic (exact) mass is 293 g/mol. The van der Waals surface area contributed by atoms with Gasteiger partial charge in [0.05, 0.1) is 5.69 Å². The SMILES string of the molecule is Cc1noc(C2CCN(C(=O)c3snnc3C)CC2)n1. The molecule has 2 aromatic heterocycles. The highest BCUT2D eigenvalue weighted by molar-refractivity contribution is 7.07. The van der Waals surface area contributed by atoms with Crippen LogP contribution in [0.15, 0.2) is 4.52 Å². The van der Waals surface area contributed by atoms with Crippen LogP contribution in [-0.2, 0) is 0 Å². The smallest absolute Gasteiger partial charge is 0.267 e. The molecule has 0 radical (unpaired) electrons. The molecule has 0 aliphatic carbocycles. The zero-order valence-electron chi connectivity index (χ0n) is 11.4. The molecule has 2 aromatic rings. The number of nitrogens with zero attached hydrogens (tertiary/aromatic N) is 5. The number of likely N-dealkylation sites (tertiary alicyclic amines) is 1. The molecular formula is C12H15N5O2S. The number of aromatic nitrogens is 4. The molecular weight excluding hydrogens is 278 g/mol. The van der Waals surface area contributed by atoms with Gasteiger partial charge >= 0.3 is 0 Å². The first-order chi connectivity index (χ1) is 9.65. The van der Waals surface area contributed by atoms with Gasteiger partial charge in [-0.3, -0.25) is 4.79 Å². The molecule has 8 heteroatoms. The molecule has 1 aliphatic heterocycles. The van der Waals surface area contributed by atoms with Gasteiger partial charge in [0.25, 0.3) is 5.91 Å². The molecule has 3 rings (SSSR count). The Bertz CT molecular complexity index is 615. The Morgan fingerprint density at radius 3 is 2.65 bits per heavy atom. The van der Waals surface area contributed by atoms with Crippen molar-refractivity contribution in [3.05, 3.63) is 22.3 Å². The lowest BCUT2D eigenvalue weighted by Gasteiger charge is -2.30. The molecule has 3 heterocycles. The summed E-state index contributed by atoms with van der Waals surface area (Å²) in [5.74, 6) is 1.62. The maximum absolute atomic E-state index is 12.3. The van der Waals surface area contributed by atoms with E-state index in [0.717, 1.165) is 24.4 Å². The van der Waals surface area contributed by atoms with Crippen molar-refractivity contribution < 1.29 is 9.32 Å². The van der Waals surface area contributed by atoms with Gasteiger partial charge < -0.3 is 9.42 Å². The summed E-state index contributed by atoms with van der Waals surface area (Å²) in [5, 5.41) is 7.70. The largest absolute Gasteiger partial charge is 0.339 e. The maximum Gasteiger partial charge on any atom is 0.267 e. The molecule has 0 bridgehead atoms. The maximum atomic E-state index is 12.3. The third-order valence-corrected chi connectivity index (χ3v) is 4.34. The molecule has 0 unspecified atom stereocenters. The minimum Gasteiger partial charge on any atom is -0.339 e. The highest BCUT2D eigenvalue weighted by Crippen LogP contribution is 2.28. The fraction of sp³-hybridized carbons (Fsp3) is 0.583. The van der Waals surface area contributed by atoms with Gasteiger partial charge in [-0.05, 0) is 38.2 Å². The van der Waals surface area contributed by atoms with E-state index >= 15 is 0 Å². The fourth-order valence-electron chi connectivity index (χ4n) is 2.38. The topological polar surface area (TPSA) is 85.0 Å². The van der Waals surface area contributed by atoms with E-state index in [1.54, 1.807) is 0 Å². The molecule has 20 heavy (non-hydrogen) atoms. The highest BCUT2D eigenvalue weighted by atomic mass is 32.1. The Morgan fingerprint density at radius 2 is 2.10 bits per heavy atom. The van der Waals surface area contributed by atoms with Crippen LogP contribution in [0.1, 0.15) is 45.8 Å². The average Bonchev–Trinajstić information content (AvgIpc) is 3.07. The van der Waals surface area contributed by atoms with Gasteiger partial charge in [0.2, 0.25) is 5.89 Å². The van der Waals surface area contributed by atoms with Crippen LogP contribution in [0.25, 0.3) is 0 Å². The normalized spacial score (nSPS) is 16.6. The lowest BCUT2D eigenvalue weighted by Crippen LogP contribution is -2.37. The zero-order valence-corrected chi connectivity index (χ0v) is 12.2. The Hall–Kier alpha value is -1.83. The van der Waals surface area contributed by atoms with Crippen LogP contribution < -0.4 is 0 Å². The lowest BCUT2D eigenvalue weighted by atomic mass is 9.96. The second-order valence-electron chi connectivity index (χ2n) is 4.93. The van der Waals surface area contributed by atoms with Crippen LogP contribution in [0.3, 0.4) is 0 Å². The van der Waals surface area contributed by atoms with Crippen LogP contribution >= 0.6 is 11.5 Å². The van der Waals surface area contributed by atoms with Crippen molar-refractivity contribution in [2.75, 3.05) is 13.1 Å². The second kappa shape index (κ2) is 5.28. The standard InChI is InChI=1S/C12H15N5O2S/c1-7-10(20-16-14-7)12(18)17-5-3-9(4-6-17)11-13-8(2)15-19-11/h9H,3-6H2,1-2H3. The van der Waals surface area contributed by atoms with Gasteiger partial charge in [0.15, 0.2) is 5.82 Å². The molecule has 106 valence electrons. The van der Waals surface area contributed by atoms with E-state index in [4.69, 9.17) is 4.52 Å². The fourth-order valence-corrected chi connectivity index (χ4v) is 3.00. The van der Waals surface area contributed by atoms with Crippen molar-refractivity contribution in [1.82, 2.24) is 24.6 Å². The number of carbonyl (C=O) groups excluding carboxylic acids is 1. The van der Waals surface area contributed by atoms with Crippen molar-refractivity contribution in [3.8, 4) is 0 Å². The third-order valence-electron chi connectivity index (χ3n) is 3.52. The van der Waals surface area contributed by atoms with Crippen molar-refractivity contribution in [2.24, 2.45) is 0 Å². The number of piperidine rings is 1. The van der Waals surface area contributed by atoms with Crippen molar-refractivity contribution in [3.63, 3.8) is 0 Å².